The molecule has 0 aliphatic heterocycles. The maximum atomic E-state index is 13.5. The molecular weight excluding hydrogens is 305 g/mol. The number of nitrogens with one attached hydrogen (secondary N) is 1. The third-order valence-corrected chi connectivity index (χ3v) is 3.79. The van der Waals surface area contributed by atoms with E-state index >= 15 is 0 Å². The Hall–Kier alpha value is -2.22. The van der Waals surface area contributed by atoms with Gasteiger partial charge in [-0.2, -0.15) is 0 Å². The number of rotatable bonds is 3. The summed E-state index contributed by atoms with van der Waals surface area (Å²) in [6, 6.07) is 1.48. The van der Waals surface area contributed by atoms with E-state index in [9.17, 15) is 22.8 Å². The van der Waals surface area contributed by atoms with Crippen LogP contribution < -0.4 is 5.32 Å². The number of anilines is 1. The van der Waals surface area contributed by atoms with Crippen LogP contribution in [0.3, 0.4) is 0 Å². The summed E-state index contributed by atoms with van der Waals surface area (Å²) >= 11 is 0.921. The van der Waals surface area contributed by atoms with Gasteiger partial charge in [0.1, 0.15) is 0 Å². The molecule has 110 valence electrons. The van der Waals surface area contributed by atoms with Crippen LogP contribution in [0, 0.1) is 24.4 Å². The van der Waals surface area contributed by atoms with Crippen LogP contribution in [0.1, 0.15) is 32.6 Å². The molecule has 1 heterocycles. The lowest BCUT2D eigenvalue weighted by atomic mass is 10.2. The Bertz CT molecular complexity index is 743. The average molecular weight is 314 g/mol. The number of aryl methyl sites for hydroxylation is 1. The number of Topliss-reactive ketones (excluding diaryl/α,β-unsaturated/α-hetero) is 1. The Kier molecular flexibility index (Phi) is 4.08. The van der Waals surface area contributed by atoms with Crippen molar-refractivity contribution in [2.45, 2.75) is 13.8 Å². The number of benzene rings is 1. The molecular formula is C13H9F3N2O2S. The lowest BCUT2D eigenvalue weighted by Crippen LogP contribution is -2.15. The standard InChI is InChI=1S/C13H9F3N2O2S/c1-5-11(6(2)19)21-13(17-5)18-12(20)7-3-4-8(14)10(16)9(7)15/h3-4H,1-2H3,(H,17,18,20). The van der Waals surface area contributed by atoms with Gasteiger partial charge in [0, 0.05) is 6.92 Å². The molecule has 0 saturated heterocycles. The molecule has 0 saturated carbocycles. The van der Waals surface area contributed by atoms with E-state index in [2.05, 4.69) is 10.3 Å². The molecule has 2 aromatic rings. The van der Waals surface area contributed by atoms with Gasteiger partial charge in [0.2, 0.25) is 0 Å². The molecule has 2 rings (SSSR count). The van der Waals surface area contributed by atoms with Crippen molar-refractivity contribution in [2.75, 3.05) is 5.32 Å². The van der Waals surface area contributed by atoms with E-state index in [0.717, 1.165) is 17.4 Å². The first-order valence-electron chi connectivity index (χ1n) is 5.74. The highest BCUT2D eigenvalue weighted by Gasteiger charge is 2.20. The van der Waals surface area contributed by atoms with Gasteiger partial charge in [-0.1, -0.05) is 11.3 Å². The Morgan fingerprint density at radius 2 is 1.86 bits per heavy atom. The summed E-state index contributed by atoms with van der Waals surface area (Å²) in [5.41, 5.74) is -0.223. The molecule has 0 radical (unpaired) electrons. The Labute approximate surface area is 121 Å². The highest BCUT2D eigenvalue weighted by molar-refractivity contribution is 7.17. The topological polar surface area (TPSA) is 59.1 Å². The highest BCUT2D eigenvalue weighted by atomic mass is 32.1. The number of nitrogens with zero attached hydrogens (tertiary/aromatic N) is 1. The highest BCUT2D eigenvalue weighted by Crippen LogP contribution is 2.24. The first-order chi connectivity index (χ1) is 9.81. The molecule has 0 atom stereocenters. The molecule has 0 aliphatic rings. The second-order valence-corrected chi connectivity index (χ2v) is 5.17. The molecule has 1 aromatic carbocycles. The molecule has 0 unspecified atom stereocenters. The Balaban J connectivity index is 2.28. The van der Waals surface area contributed by atoms with Gasteiger partial charge < -0.3 is 0 Å². The minimum absolute atomic E-state index is 0.0758. The summed E-state index contributed by atoms with van der Waals surface area (Å²) in [6.07, 6.45) is 0. The van der Waals surface area contributed by atoms with Gasteiger partial charge >= 0.3 is 0 Å². The fourth-order valence-corrected chi connectivity index (χ4v) is 2.50. The maximum Gasteiger partial charge on any atom is 0.260 e. The summed E-state index contributed by atoms with van der Waals surface area (Å²) < 4.78 is 39.4. The van der Waals surface area contributed by atoms with Crippen LogP contribution >= 0.6 is 11.3 Å². The zero-order valence-electron chi connectivity index (χ0n) is 11.0. The van der Waals surface area contributed by atoms with Crippen LogP contribution in [-0.2, 0) is 0 Å². The van der Waals surface area contributed by atoms with E-state index in [-0.39, 0.29) is 10.9 Å². The van der Waals surface area contributed by atoms with Crippen molar-refractivity contribution in [1.29, 1.82) is 0 Å². The van der Waals surface area contributed by atoms with Crippen LogP contribution in [-0.4, -0.2) is 16.7 Å². The summed E-state index contributed by atoms with van der Waals surface area (Å²) in [5.74, 6) is -5.87. The lowest BCUT2D eigenvalue weighted by molar-refractivity contribution is 0.101. The first-order valence-corrected chi connectivity index (χ1v) is 6.56. The number of aromatic nitrogens is 1. The van der Waals surface area contributed by atoms with E-state index in [1.165, 1.54) is 6.92 Å². The van der Waals surface area contributed by atoms with Crippen molar-refractivity contribution in [1.82, 2.24) is 4.98 Å². The minimum atomic E-state index is -1.72. The fraction of sp³-hybridized carbons (Fsp3) is 0.154. The average Bonchev–Trinajstić information content (AvgIpc) is 2.77. The number of thiazole rings is 1. The van der Waals surface area contributed by atoms with Crippen LogP contribution in [0.4, 0.5) is 18.3 Å². The zero-order chi connectivity index (χ0) is 15.7. The predicted octanol–water partition coefficient (Wildman–Crippen LogP) is 3.32. The van der Waals surface area contributed by atoms with E-state index < -0.39 is 28.9 Å². The van der Waals surface area contributed by atoms with Crippen molar-refractivity contribution in [3.63, 3.8) is 0 Å². The molecule has 0 fully saturated rings. The van der Waals surface area contributed by atoms with Crippen molar-refractivity contribution >= 4 is 28.2 Å². The van der Waals surface area contributed by atoms with Gasteiger partial charge in [-0.3, -0.25) is 14.9 Å². The van der Waals surface area contributed by atoms with Crippen LogP contribution in [0.2, 0.25) is 0 Å². The molecule has 8 heteroatoms. The molecule has 21 heavy (non-hydrogen) atoms. The van der Waals surface area contributed by atoms with E-state index in [1.54, 1.807) is 6.92 Å². The summed E-state index contributed by atoms with van der Waals surface area (Å²) in [4.78, 5) is 27.4. The largest absolute Gasteiger partial charge is 0.298 e. The third-order valence-electron chi connectivity index (χ3n) is 2.62. The Morgan fingerprint density at radius 3 is 2.43 bits per heavy atom. The number of hydrogen-bond donors (Lipinski definition) is 1. The number of ketones is 1. The van der Waals surface area contributed by atoms with E-state index in [0.29, 0.717) is 16.6 Å². The Morgan fingerprint density at radius 1 is 1.19 bits per heavy atom. The number of halogens is 3. The molecule has 4 nitrogen and oxygen atoms in total. The maximum absolute atomic E-state index is 13.5. The van der Waals surface area contributed by atoms with Crippen LogP contribution in [0.5, 0.6) is 0 Å². The summed E-state index contributed by atoms with van der Waals surface area (Å²) in [7, 11) is 0. The second kappa shape index (κ2) is 5.65. The van der Waals surface area contributed by atoms with Gasteiger partial charge in [-0.15, -0.1) is 0 Å². The molecule has 1 aromatic heterocycles. The SMILES string of the molecule is CC(=O)c1sc(NC(=O)c2ccc(F)c(F)c2F)nc1C. The predicted molar refractivity (Wildman–Crippen MR) is 71.1 cm³/mol. The smallest absolute Gasteiger partial charge is 0.260 e. The van der Waals surface area contributed by atoms with Gasteiger partial charge in [-0.25, -0.2) is 18.2 Å². The lowest BCUT2D eigenvalue weighted by Gasteiger charge is -2.04. The zero-order valence-corrected chi connectivity index (χ0v) is 11.8. The van der Waals surface area contributed by atoms with Crippen molar-refractivity contribution < 1.29 is 22.8 Å². The van der Waals surface area contributed by atoms with E-state index in [4.69, 9.17) is 0 Å². The fourth-order valence-electron chi connectivity index (χ4n) is 1.64. The van der Waals surface area contributed by atoms with Gasteiger partial charge in [-0.05, 0) is 19.1 Å². The first kappa shape index (κ1) is 15.2. The second-order valence-electron chi connectivity index (χ2n) is 4.17. The number of carbonyl (C=O) groups is 2. The number of hydrogen-bond acceptors (Lipinski definition) is 4. The molecule has 0 bridgehead atoms. The molecule has 0 spiro atoms. The van der Waals surface area contributed by atoms with Crippen LogP contribution in [0.25, 0.3) is 0 Å². The molecule has 1 amide bonds. The third kappa shape index (κ3) is 2.94. The summed E-state index contributed by atoms with van der Waals surface area (Å²) in [6.45, 7) is 2.93. The van der Waals surface area contributed by atoms with E-state index in [1.807, 2.05) is 0 Å². The van der Waals surface area contributed by atoms with Gasteiger partial charge in [0.15, 0.2) is 28.4 Å². The van der Waals surface area contributed by atoms with Crippen LogP contribution in [0.15, 0.2) is 12.1 Å². The molecule has 1 N–H and O–H groups in total. The monoisotopic (exact) mass is 314 g/mol. The summed E-state index contributed by atoms with van der Waals surface area (Å²) in [5, 5.41) is 2.32. The quantitative estimate of drug-likeness (QED) is 0.698. The van der Waals surface area contributed by atoms with Crippen molar-refractivity contribution in [2.24, 2.45) is 0 Å². The van der Waals surface area contributed by atoms with Gasteiger partial charge in [0.25, 0.3) is 5.91 Å². The van der Waals surface area contributed by atoms with Crippen molar-refractivity contribution in [3.8, 4) is 0 Å². The number of carbonyl (C=O) groups excluding carboxylic acids is 2. The number of amides is 1. The molecule has 0 aliphatic carbocycles. The minimum Gasteiger partial charge on any atom is -0.298 e. The van der Waals surface area contributed by atoms with Crippen molar-refractivity contribution in [3.05, 3.63) is 45.7 Å². The van der Waals surface area contributed by atoms with Gasteiger partial charge in [0.05, 0.1) is 16.1 Å². The normalized spacial score (nSPS) is 10.5.